The second-order valence-corrected chi connectivity index (χ2v) is 8.01. The summed E-state index contributed by atoms with van der Waals surface area (Å²) in [6.07, 6.45) is 4.24. The minimum absolute atomic E-state index is 0.0725. The van der Waals surface area contributed by atoms with Gasteiger partial charge in [0.25, 0.3) is 0 Å². The van der Waals surface area contributed by atoms with E-state index in [1.807, 2.05) is 16.4 Å². The van der Waals surface area contributed by atoms with Gasteiger partial charge in [-0.3, -0.25) is 4.79 Å². The van der Waals surface area contributed by atoms with Gasteiger partial charge in [0, 0.05) is 36.6 Å². The molecule has 1 saturated carbocycles. The maximum Gasteiger partial charge on any atom is 0.341 e. The fourth-order valence-electron chi connectivity index (χ4n) is 4.48. The molecule has 28 heavy (non-hydrogen) atoms. The number of aryl methyl sites for hydroxylation is 1. The number of benzene rings is 1. The molecule has 1 aliphatic heterocycles. The Labute approximate surface area is 162 Å². The van der Waals surface area contributed by atoms with Gasteiger partial charge in [0.05, 0.1) is 17.3 Å². The first kappa shape index (κ1) is 18.9. The largest absolute Gasteiger partial charge is 0.477 e. The van der Waals surface area contributed by atoms with Crippen molar-refractivity contribution in [2.45, 2.75) is 51.7 Å². The number of aliphatic hydroxyl groups excluding tert-OH is 1. The van der Waals surface area contributed by atoms with Crippen molar-refractivity contribution in [3.05, 3.63) is 39.4 Å². The summed E-state index contributed by atoms with van der Waals surface area (Å²) in [4.78, 5) is 26.2. The average molecular weight is 388 g/mol. The normalized spacial score (nSPS) is 22.6. The molecule has 1 aromatic carbocycles. The number of carbonyl (C=O) groups is 1. The van der Waals surface area contributed by atoms with Crippen molar-refractivity contribution >= 4 is 22.6 Å². The molecule has 2 aromatic rings. The van der Waals surface area contributed by atoms with Crippen LogP contribution in [0.2, 0.25) is 0 Å². The van der Waals surface area contributed by atoms with Gasteiger partial charge in [-0.2, -0.15) is 0 Å². The Morgan fingerprint density at radius 3 is 2.64 bits per heavy atom. The van der Waals surface area contributed by atoms with Crippen LogP contribution in [-0.4, -0.2) is 39.9 Å². The van der Waals surface area contributed by atoms with E-state index in [-0.39, 0.29) is 29.0 Å². The van der Waals surface area contributed by atoms with Crippen LogP contribution >= 0.6 is 0 Å². The fraction of sp³-hybridized carbons (Fsp3) is 0.524. The van der Waals surface area contributed by atoms with Crippen LogP contribution in [0, 0.1) is 18.7 Å². The van der Waals surface area contributed by atoms with E-state index in [9.17, 15) is 19.8 Å². The molecule has 150 valence electrons. The first-order valence-electron chi connectivity index (χ1n) is 9.87. The molecule has 2 heterocycles. The number of aromatic nitrogens is 1. The number of halogens is 1. The highest BCUT2D eigenvalue weighted by atomic mass is 19.1. The lowest BCUT2D eigenvalue weighted by Gasteiger charge is -2.38. The topological polar surface area (TPSA) is 82.8 Å². The zero-order valence-electron chi connectivity index (χ0n) is 16.1. The molecule has 1 aliphatic carbocycles. The predicted molar refractivity (Wildman–Crippen MR) is 105 cm³/mol. The first-order valence-corrected chi connectivity index (χ1v) is 9.87. The van der Waals surface area contributed by atoms with Crippen molar-refractivity contribution in [2.75, 3.05) is 18.0 Å². The summed E-state index contributed by atoms with van der Waals surface area (Å²) in [6.45, 7) is 4.91. The van der Waals surface area contributed by atoms with Gasteiger partial charge in [0.2, 0.25) is 5.43 Å². The lowest BCUT2D eigenvalue weighted by Crippen LogP contribution is -2.43. The Hall–Kier alpha value is -2.41. The summed E-state index contributed by atoms with van der Waals surface area (Å²) in [5.41, 5.74) is 0.761. The summed E-state index contributed by atoms with van der Waals surface area (Å²) in [6, 6.07) is 1.34. The molecule has 0 radical (unpaired) electrons. The van der Waals surface area contributed by atoms with E-state index in [0.29, 0.717) is 36.3 Å². The molecular weight excluding hydrogens is 363 g/mol. The molecule has 4 rings (SSSR count). The van der Waals surface area contributed by atoms with Crippen molar-refractivity contribution in [3.63, 3.8) is 0 Å². The van der Waals surface area contributed by atoms with Gasteiger partial charge in [0.15, 0.2) is 0 Å². The first-order chi connectivity index (χ1) is 13.3. The highest BCUT2D eigenvalue weighted by molar-refractivity contribution is 5.95. The average Bonchev–Trinajstić information content (AvgIpc) is 3.48. The highest BCUT2D eigenvalue weighted by Crippen LogP contribution is 2.40. The number of piperidine rings is 1. The zero-order chi connectivity index (χ0) is 20.2. The number of hydrogen-bond acceptors (Lipinski definition) is 4. The van der Waals surface area contributed by atoms with Crippen molar-refractivity contribution in [1.82, 2.24) is 4.57 Å². The molecule has 6 nitrogen and oxygen atoms in total. The molecule has 2 aliphatic rings. The number of rotatable bonds is 4. The third kappa shape index (κ3) is 2.98. The van der Waals surface area contributed by atoms with Crippen molar-refractivity contribution < 1.29 is 19.4 Å². The smallest absolute Gasteiger partial charge is 0.341 e. The number of pyridine rings is 1. The summed E-state index contributed by atoms with van der Waals surface area (Å²) in [5, 5.41) is 19.7. The lowest BCUT2D eigenvalue weighted by atomic mass is 9.91. The van der Waals surface area contributed by atoms with Gasteiger partial charge < -0.3 is 19.7 Å². The SMILES string of the molecule is CCC1CN(c2c(F)cc3c(=O)c(C(=O)O)cn(C4CC4)c3c2C)CCC1O. The maximum absolute atomic E-state index is 15.2. The number of hydrogen-bond donors (Lipinski definition) is 2. The van der Waals surface area contributed by atoms with Gasteiger partial charge in [-0.15, -0.1) is 0 Å². The van der Waals surface area contributed by atoms with Crippen molar-refractivity contribution in [3.8, 4) is 0 Å². The predicted octanol–water partition coefficient (Wildman–Crippen LogP) is 3.08. The molecule has 0 spiro atoms. The Morgan fingerprint density at radius 1 is 1.32 bits per heavy atom. The summed E-state index contributed by atoms with van der Waals surface area (Å²) < 4.78 is 17.0. The maximum atomic E-state index is 15.2. The molecular formula is C21H25FN2O4. The molecule has 2 N–H and O–H groups in total. The molecule has 1 aromatic heterocycles. The van der Waals surface area contributed by atoms with Crippen molar-refractivity contribution in [2.24, 2.45) is 5.92 Å². The van der Waals surface area contributed by atoms with Crippen LogP contribution in [0.4, 0.5) is 10.1 Å². The molecule has 1 saturated heterocycles. The van der Waals surface area contributed by atoms with Gasteiger partial charge in [-0.25, -0.2) is 9.18 Å². The van der Waals surface area contributed by atoms with Crippen LogP contribution in [-0.2, 0) is 0 Å². The van der Waals surface area contributed by atoms with Crippen LogP contribution in [0.15, 0.2) is 17.1 Å². The number of carboxylic acids is 1. The van der Waals surface area contributed by atoms with Crippen LogP contribution in [0.3, 0.4) is 0 Å². The molecule has 2 unspecified atom stereocenters. The number of anilines is 1. The second-order valence-electron chi connectivity index (χ2n) is 8.01. The molecule has 2 fully saturated rings. The van der Waals surface area contributed by atoms with Crippen LogP contribution in [0.5, 0.6) is 0 Å². The Morgan fingerprint density at radius 2 is 2.04 bits per heavy atom. The lowest BCUT2D eigenvalue weighted by molar-refractivity contribution is 0.0694. The van der Waals surface area contributed by atoms with E-state index in [1.54, 1.807) is 6.92 Å². The number of carboxylic acid groups (broad SMARTS) is 1. The highest BCUT2D eigenvalue weighted by Gasteiger charge is 2.32. The number of aliphatic hydroxyl groups is 1. The molecule has 0 bridgehead atoms. The van der Waals surface area contributed by atoms with Gasteiger partial charge >= 0.3 is 5.97 Å². The van der Waals surface area contributed by atoms with E-state index >= 15 is 4.39 Å². The number of nitrogens with zero attached hydrogens (tertiary/aromatic N) is 2. The molecule has 2 atom stereocenters. The van der Waals surface area contributed by atoms with E-state index in [2.05, 4.69) is 0 Å². The Balaban J connectivity index is 1.93. The fourth-order valence-corrected chi connectivity index (χ4v) is 4.48. The van der Waals surface area contributed by atoms with Gasteiger partial charge in [0.1, 0.15) is 11.4 Å². The van der Waals surface area contributed by atoms with Gasteiger partial charge in [-0.05, 0) is 44.2 Å². The standard InChI is InChI=1S/C21H25FN2O4/c1-3-12-9-23(7-6-17(12)25)19-11(2)18-14(8-16(19)22)20(26)15(21(27)28)10-24(18)13-4-5-13/h8,10,12-13,17,25H,3-7,9H2,1-2H3,(H,27,28). The van der Waals surface area contributed by atoms with Crippen LogP contribution in [0.1, 0.15) is 54.6 Å². The zero-order valence-corrected chi connectivity index (χ0v) is 16.1. The van der Waals surface area contributed by atoms with E-state index in [4.69, 9.17) is 0 Å². The monoisotopic (exact) mass is 388 g/mol. The summed E-state index contributed by atoms with van der Waals surface area (Å²) >= 11 is 0. The Bertz CT molecular complexity index is 1010. The summed E-state index contributed by atoms with van der Waals surface area (Å²) in [5.74, 6) is -1.74. The van der Waals surface area contributed by atoms with E-state index in [1.165, 1.54) is 12.3 Å². The second kappa shape index (κ2) is 6.88. The molecule has 7 heteroatoms. The van der Waals surface area contributed by atoms with Crippen LogP contribution < -0.4 is 10.3 Å². The van der Waals surface area contributed by atoms with Crippen LogP contribution in [0.25, 0.3) is 10.9 Å². The quantitative estimate of drug-likeness (QED) is 0.841. The third-order valence-electron chi connectivity index (χ3n) is 6.18. The molecule has 0 amide bonds. The minimum Gasteiger partial charge on any atom is -0.477 e. The van der Waals surface area contributed by atoms with Crippen molar-refractivity contribution in [1.29, 1.82) is 0 Å². The number of fused-ring (bicyclic) bond motifs is 1. The minimum atomic E-state index is -1.29. The third-order valence-corrected chi connectivity index (χ3v) is 6.18. The van der Waals surface area contributed by atoms with E-state index in [0.717, 1.165) is 19.3 Å². The number of aromatic carboxylic acids is 1. The van der Waals surface area contributed by atoms with Gasteiger partial charge in [-0.1, -0.05) is 6.92 Å². The summed E-state index contributed by atoms with van der Waals surface area (Å²) in [7, 11) is 0. The van der Waals surface area contributed by atoms with E-state index < -0.39 is 17.2 Å². The Kier molecular flexibility index (Phi) is 4.65.